The summed E-state index contributed by atoms with van der Waals surface area (Å²) in [5.74, 6) is 1.84. The molecule has 0 heteroatoms. The molecule has 0 N–H and O–H groups in total. The van der Waals surface area contributed by atoms with Gasteiger partial charge in [0.2, 0.25) is 0 Å². The third kappa shape index (κ3) is 1.91. The maximum Gasteiger partial charge on any atom is 0.0363 e. The molecule has 2 unspecified atom stereocenters. The molecule has 3 rings (SSSR count). The molecule has 0 spiro atoms. The lowest BCUT2D eigenvalue weighted by molar-refractivity contribution is 0.323. The molecule has 0 heterocycles. The number of hydrogen-bond donors (Lipinski definition) is 0. The van der Waals surface area contributed by atoms with Crippen molar-refractivity contribution < 1.29 is 0 Å². The summed E-state index contributed by atoms with van der Waals surface area (Å²) in [6.07, 6.45) is 12.9. The van der Waals surface area contributed by atoms with E-state index >= 15 is 0 Å². The second kappa shape index (κ2) is 5.10. The third-order valence-electron chi connectivity index (χ3n) is 5.05. The van der Waals surface area contributed by atoms with Crippen LogP contribution in [-0.4, -0.2) is 0 Å². The minimum Gasteiger partial charge on any atom is -0.102 e. The number of fused-ring (bicyclic) bond motifs is 3. The number of allylic oxidation sites excluding steroid dienone is 3. The van der Waals surface area contributed by atoms with Gasteiger partial charge in [-0.3, -0.25) is 0 Å². The zero-order valence-electron chi connectivity index (χ0n) is 12.0. The summed E-state index contributed by atoms with van der Waals surface area (Å²) in [7, 11) is 0. The van der Waals surface area contributed by atoms with Crippen LogP contribution in [0.4, 0.5) is 0 Å². The van der Waals surface area contributed by atoms with Crippen molar-refractivity contribution in [3.8, 4) is 0 Å². The van der Waals surface area contributed by atoms with Crippen molar-refractivity contribution >= 4 is 0 Å². The van der Waals surface area contributed by atoms with Gasteiger partial charge in [0.15, 0.2) is 0 Å². The first-order valence-corrected chi connectivity index (χ1v) is 8.14. The van der Waals surface area contributed by atoms with E-state index in [9.17, 15) is 0 Å². The van der Waals surface area contributed by atoms with Crippen LogP contribution in [0.1, 0.15) is 71.6 Å². The fraction of sp³-hybridized carbons (Fsp3) is 0.722. The van der Waals surface area contributed by atoms with Crippen LogP contribution in [0.15, 0.2) is 28.0 Å². The first kappa shape index (κ1) is 12.3. The molecule has 98 valence electrons. The Hall–Kier alpha value is -0.740. The van der Waals surface area contributed by atoms with Crippen LogP contribution in [0.3, 0.4) is 0 Å². The molecule has 0 aromatic rings. The van der Waals surface area contributed by atoms with E-state index in [0.717, 1.165) is 11.8 Å². The first-order valence-electron chi connectivity index (χ1n) is 8.14. The first-order chi connectivity index (χ1) is 8.88. The molecule has 0 saturated carbocycles. The third-order valence-corrected chi connectivity index (χ3v) is 5.05. The monoisotopic (exact) mass is 242 g/mol. The summed E-state index contributed by atoms with van der Waals surface area (Å²) in [5, 5.41) is 0. The Morgan fingerprint density at radius 3 is 2.06 bits per heavy atom. The van der Waals surface area contributed by atoms with Gasteiger partial charge >= 0.3 is 0 Å². The van der Waals surface area contributed by atoms with Crippen LogP contribution in [0, 0.1) is 11.8 Å². The zero-order chi connectivity index (χ0) is 12.5. The lowest BCUT2D eigenvalue weighted by atomic mass is 9.56. The minimum atomic E-state index is 0.911. The van der Waals surface area contributed by atoms with Gasteiger partial charge in [0.05, 0.1) is 0 Å². The van der Waals surface area contributed by atoms with E-state index in [4.69, 9.17) is 0 Å². The Morgan fingerprint density at radius 1 is 0.778 bits per heavy atom. The normalized spacial score (nSPS) is 26.8. The highest BCUT2D eigenvalue weighted by Crippen LogP contribution is 2.65. The van der Waals surface area contributed by atoms with E-state index in [-0.39, 0.29) is 0 Å². The average Bonchev–Trinajstić information content (AvgIpc) is 3.03. The molecule has 3 aliphatic carbocycles. The molecule has 18 heavy (non-hydrogen) atoms. The summed E-state index contributed by atoms with van der Waals surface area (Å²) in [6.45, 7) is 4.65. The van der Waals surface area contributed by atoms with E-state index in [1.54, 1.807) is 16.7 Å². The molecular weight excluding hydrogens is 216 g/mol. The van der Waals surface area contributed by atoms with E-state index in [1.165, 1.54) is 63.4 Å². The highest BCUT2D eigenvalue weighted by Gasteiger charge is 2.53. The van der Waals surface area contributed by atoms with E-state index in [2.05, 4.69) is 19.6 Å². The fourth-order valence-electron chi connectivity index (χ4n) is 3.94. The van der Waals surface area contributed by atoms with E-state index < -0.39 is 0 Å². The molecular formula is C18H26. The van der Waals surface area contributed by atoms with Crippen LogP contribution in [0.25, 0.3) is 0 Å². The van der Waals surface area contributed by atoms with Crippen molar-refractivity contribution in [3.63, 3.8) is 0 Å². The molecule has 0 bridgehead atoms. The van der Waals surface area contributed by atoms with Crippen LogP contribution in [0.2, 0.25) is 0 Å². The van der Waals surface area contributed by atoms with Gasteiger partial charge in [-0.2, -0.15) is 0 Å². The highest BCUT2D eigenvalue weighted by atomic mass is 14.6. The Balaban J connectivity index is 1.32. The molecule has 0 nitrogen and oxygen atoms in total. The predicted molar refractivity (Wildman–Crippen MR) is 77.4 cm³/mol. The van der Waals surface area contributed by atoms with Crippen LogP contribution in [-0.2, 0) is 0 Å². The summed E-state index contributed by atoms with van der Waals surface area (Å²) in [6, 6.07) is 0. The van der Waals surface area contributed by atoms with Gasteiger partial charge in [0.1, 0.15) is 0 Å². The molecule has 3 aliphatic rings. The topological polar surface area (TPSA) is 0 Å². The molecule has 0 fully saturated rings. The summed E-state index contributed by atoms with van der Waals surface area (Å²) < 4.78 is 0. The molecule has 0 amide bonds. The van der Waals surface area contributed by atoms with E-state index in [1.807, 2.05) is 0 Å². The van der Waals surface area contributed by atoms with Crippen LogP contribution >= 0.6 is 0 Å². The Kier molecular flexibility index (Phi) is 3.48. The average molecular weight is 242 g/mol. The maximum absolute atomic E-state index is 3.45. The van der Waals surface area contributed by atoms with Crippen molar-refractivity contribution in [1.29, 1.82) is 0 Å². The number of hydrogen-bond acceptors (Lipinski definition) is 0. The van der Waals surface area contributed by atoms with Crippen molar-refractivity contribution in [1.82, 2.24) is 0 Å². The molecule has 0 saturated heterocycles. The van der Waals surface area contributed by atoms with Crippen LogP contribution in [0.5, 0.6) is 0 Å². The minimum absolute atomic E-state index is 0.911. The largest absolute Gasteiger partial charge is 0.102 e. The van der Waals surface area contributed by atoms with Crippen molar-refractivity contribution in [3.05, 3.63) is 28.0 Å². The van der Waals surface area contributed by atoms with Gasteiger partial charge in [-0.15, -0.1) is 5.73 Å². The summed E-state index contributed by atoms with van der Waals surface area (Å²) in [4.78, 5) is 0. The van der Waals surface area contributed by atoms with Crippen LogP contribution < -0.4 is 0 Å². The predicted octanol–water partition coefficient (Wildman–Crippen LogP) is 5.56. The van der Waals surface area contributed by atoms with Gasteiger partial charge in [-0.25, -0.2) is 0 Å². The molecule has 0 aromatic heterocycles. The Labute approximate surface area is 112 Å². The summed E-state index contributed by atoms with van der Waals surface area (Å²) >= 11 is 0. The second-order valence-electron chi connectivity index (χ2n) is 6.23. The molecule has 0 aromatic carbocycles. The Morgan fingerprint density at radius 2 is 1.39 bits per heavy atom. The summed E-state index contributed by atoms with van der Waals surface area (Å²) in [5.41, 5.74) is 9.99. The van der Waals surface area contributed by atoms with Crippen molar-refractivity contribution in [2.24, 2.45) is 11.8 Å². The maximum atomic E-state index is 3.45. The van der Waals surface area contributed by atoms with Gasteiger partial charge in [-0.1, -0.05) is 58.8 Å². The second-order valence-corrected chi connectivity index (χ2v) is 6.23. The Bertz CT molecular complexity index is 429. The fourth-order valence-corrected chi connectivity index (χ4v) is 3.94. The highest BCUT2D eigenvalue weighted by molar-refractivity contribution is 5.84. The zero-order valence-corrected chi connectivity index (χ0v) is 12.0. The number of unbranched alkanes of at least 4 members (excludes halogenated alkanes) is 6. The lowest BCUT2D eigenvalue weighted by Crippen LogP contribution is -2.36. The van der Waals surface area contributed by atoms with Gasteiger partial charge in [-0.05, 0) is 35.8 Å². The van der Waals surface area contributed by atoms with Crippen molar-refractivity contribution in [2.45, 2.75) is 71.6 Å². The van der Waals surface area contributed by atoms with Gasteiger partial charge in [0, 0.05) is 11.1 Å². The lowest BCUT2D eigenvalue weighted by Gasteiger charge is -2.46. The number of rotatable bonds is 9. The smallest absolute Gasteiger partial charge is 0.0363 e. The SMILES string of the molecule is CCCCCCCCCC1C2=C(C3=C=C32)C1CC. The van der Waals surface area contributed by atoms with Crippen molar-refractivity contribution in [2.75, 3.05) is 0 Å². The molecule has 2 atom stereocenters. The van der Waals surface area contributed by atoms with E-state index in [0.29, 0.717) is 0 Å². The van der Waals surface area contributed by atoms with Gasteiger partial charge < -0.3 is 0 Å². The molecule has 0 aliphatic heterocycles. The molecule has 0 radical (unpaired) electrons. The van der Waals surface area contributed by atoms with Gasteiger partial charge in [0.25, 0.3) is 0 Å². The quantitative estimate of drug-likeness (QED) is 0.367. The standard InChI is InChI=1S/C18H26/c1-3-5-6-7-8-9-10-11-14-13(4-2)17-15-12-16(15)18(14)17/h13-14H,3-11H2,1-2H3.